The first-order chi connectivity index (χ1) is 13.4. The Morgan fingerprint density at radius 2 is 1.76 bits per heavy atom. The maximum absolute atomic E-state index is 13.3. The maximum atomic E-state index is 13.3. The van der Waals surface area contributed by atoms with Crippen LogP contribution in [0.4, 0.5) is 23.2 Å². The molecule has 0 spiro atoms. The Kier molecular flexibility index (Phi) is 6.93. The standard InChI is InChI=1S/C20H27F4N3O2/c1-19(2,13-28)16-11-14(5-6-15(16)17(29)25(3)4)27-9-7-26(8-10-27)12-20(23,24)18(21)22/h5-6,11,13,18H,7-10,12H2,1-4H3. The van der Waals surface area contributed by atoms with Gasteiger partial charge in [0.25, 0.3) is 5.91 Å². The fourth-order valence-electron chi connectivity index (χ4n) is 3.28. The van der Waals surface area contributed by atoms with Crippen LogP contribution in [-0.2, 0) is 10.2 Å². The molecular formula is C20H27F4N3O2. The van der Waals surface area contributed by atoms with Crippen LogP contribution in [-0.4, -0.2) is 81.2 Å². The second-order valence-electron chi connectivity index (χ2n) is 8.09. The summed E-state index contributed by atoms with van der Waals surface area (Å²) in [5.74, 6) is -4.25. The molecular weight excluding hydrogens is 390 g/mol. The molecule has 0 atom stereocenters. The summed E-state index contributed by atoms with van der Waals surface area (Å²) in [5.41, 5.74) is 0.866. The Morgan fingerprint density at radius 3 is 2.24 bits per heavy atom. The van der Waals surface area contributed by atoms with Gasteiger partial charge in [-0.15, -0.1) is 0 Å². The minimum Gasteiger partial charge on any atom is -0.369 e. The smallest absolute Gasteiger partial charge is 0.319 e. The number of anilines is 1. The van der Waals surface area contributed by atoms with Crippen molar-refractivity contribution in [3.63, 3.8) is 0 Å². The molecule has 1 aliphatic rings. The van der Waals surface area contributed by atoms with Gasteiger partial charge in [0, 0.05) is 56.9 Å². The SMILES string of the molecule is CN(C)C(=O)c1ccc(N2CCN(CC(F)(F)C(F)F)CC2)cc1C(C)(C)C=O. The molecule has 0 bridgehead atoms. The third-order valence-electron chi connectivity index (χ3n) is 5.12. The molecule has 1 aliphatic heterocycles. The molecule has 1 aromatic carbocycles. The first-order valence-corrected chi connectivity index (χ1v) is 9.35. The molecule has 29 heavy (non-hydrogen) atoms. The van der Waals surface area contributed by atoms with E-state index in [1.165, 1.54) is 9.80 Å². The minimum atomic E-state index is -4.03. The van der Waals surface area contributed by atoms with Crippen LogP contribution in [0, 0.1) is 0 Å². The van der Waals surface area contributed by atoms with Crippen LogP contribution in [0.5, 0.6) is 0 Å². The monoisotopic (exact) mass is 417 g/mol. The summed E-state index contributed by atoms with van der Waals surface area (Å²) in [6.45, 7) is 3.65. The number of carbonyl (C=O) groups excluding carboxylic acids is 2. The fraction of sp³-hybridized carbons (Fsp3) is 0.600. The van der Waals surface area contributed by atoms with Crippen LogP contribution in [0.25, 0.3) is 0 Å². The first kappa shape index (κ1) is 23.1. The summed E-state index contributed by atoms with van der Waals surface area (Å²) in [4.78, 5) is 28.8. The van der Waals surface area contributed by atoms with Gasteiger partial charge in [-0.2, -0.15) is 8.78 Å². The van der Waals surface area contributed by atoms with E-state index in [1.54, 1.807) is 46.1 Å². The van der Waals surface area contributed by atoms with Crippen LogP contribution in [0.2, 0.25) is 0 Å². The van der Waals surface area contributed by atoms with E-state index in [1.807, 2.05) is 4.90 Å². The predicted octanol–water partition coefficient (Wildman–Crippen LogP) is 2.89. The van der Waals surface area contributed by atoms with Crippen LogP contribution in [0.15, 0.2) is 18.2 Å². The number of amides is 1. The lowest BCUT2D eigenvalue weighted by Crippen LogP contribution is -2.51. The Morgan fingerprint density at radius 1 is 1.17 bits per heavy atom. The van der Waals surface area contributed by atoms with Gasteiger partial charge < -0.3 is 14.6 Å². The van der Waals surface area contributed by atoms with Crippen molar-refractivity contribution in [2.24, 2.45) is 0 Å². The van der Waals surface area contributed by atoms with Crippen LogP contribution < -0.4 is 4.90 Å². The van der Waals surface area contributed by atoms with E-state index in [0.717, 1.165) is 12.0 Å². The Hall–Kier alpha value is -2.16. The van der Waals surface area contributed by atoms with Crippen molar-refractivity contribution in [2.75, 3.05) is 51.7 Å². The number of carbonyl (C=O) groups is 2. The average molecular weight is 417 g/mol. The molecule has 1 fully saturated rings. The summed E-state index contributed by atoms with van der Waals surface area (Å²) in [7, 11) is 3.25. The molecule has 0 aromatic heterocycles. The van der Waals surface area contributed by atoms with E-state index in [9.17, 15) is 27.2 Å². The van der Waals surface area contributed by atoms with Crippen molar-refractivity contribution in [2.45, 2.75) is 31.6 Å². The number of piperazine rings is 1. The van der Waals surface area contributed by atoms with Crippen molar-refractivity contribution in [3.05, 3.63) is 29.3 Å². The van der Waals surface area contributed by atoms with Gasteiger partial charge in [-0.05, 0) is 37.6 Å². The highest BCUT2D eigenvalue weighted by Crippen LogP contribution is 2.31. The Bertz CT molecular complexity index is 745. The summed E-state index contributed by atoms with van der Waals surface area (Å²) in [6.07, 6.45) is -2.90. The largest absolute Gasteiger partial charge is 0.369 e. The number of rotatable bonds is 7. The number of benzene rings is 1. The topological polar surface area (TPSA) is 43.9 Å². The molecule has 1 aromatic rings. The van der Waals surface area contributed by atoms with Crippen LogP contribution in [0.1, 0.15) is 29.8 Å². The van der Waals surface area contributed by atoms with Crippen molar-refractivity contribution < 1.29 is 27.2 Å². The number of hydrogen-bond donors (Lipinski definition) is 0. The van der Waals surface area contributed by atoms with Gasteiger partial charge in [-0.1, -0.05) is 0 Å². The third-order valence-corrected chi connectivity index (χ3v) is 5.12. The zero-order valence-electron chi connectivity index (χ0n) is 17.1. The molecule has 0 unspecified atom stereocenters. The second kappa shape index (κ2) is 8.69. The van der Waals surface area contributed by atoms with Crippen molar-refractivity contribution >= 4 is 17.9 Å². The molecule has 1 amide bonds. The lowest BCUT2D eigenvalue weighted by Gasteiger charge is -2.38. The molecule has 0 N–H and O–H groups in total. The summed E-state index contributed by atoms with van der Waals surface area (Å²) in [6, 6.07) is 5.19. The quantitative estimate of drug-likeness (QED) is 0.506. The van der Waals surface area contributed by atoms with Gasteiger partial charge in [-0.25, -0.2) is 8.78 Å². The molecule has 162 valence electrons. The number of aldehydes is 1. The summed E-state index contributed by atoms with van der Waals surface area (Å²) >= 11 is 0. The van der Waals surface area contributed by atoms with E-state index < -0.39 is 24.3 Å². The first-order valence-electron chi connectivity index (χ1n) is 9.35. The molecule has 0 aliphatic carbocycles. The highest BCUT2D eigenvalue weighted by Gasteiger charge is 2.42. The molecule has 9 heteroatoms. The number of alkyl halides is 4. The fourth-order valence-corrected chi connectivity index (χ4v) is 3.28. The van der Waals surface area contributed by atoms with E-state index in [0.29, 0.717) is 24.2 Å². The van der Waals surface area contributed by atoms with Crippen LogP contribution >= 0.6 is 0 Å². The lowest BCUT2D eigenvalue weighted by molar-refractivity contribution is -0.142. The summed E-state index contributed by atoms with van der Waals surface area (Å²) in [5, 5.41) is 0. The maximum Gasteiger partial charge on any atom is 0.319 e. The van der Waals surface area contributed by atoms with Crippen LogP contribution in [0.3, 0.4) is 0 Å². The normalized spacial score (nSPS) is 16.2. The Balaban J connectivity index is 2.21. The zero-order chi connectivity index (χ0) is 22.0. The molecule has 1 heterocycles. The lowest BCUT2D eigenvalue weighted by atomic mass is 9.82. The predicted molar refractivity (Wildman–Crippen MR) is 103 cm³/mol. The molecule has 5 nitrogen and oxygen atoms in total. The molecule has 2 rings (SSSR count). The minimum absolute atomic E-state index is 0.215. The number of halogens is 4. The van der Waals surface area contributed by atoms with Gasteiger partial charge in [0.1, 0.15) is 6.29 Å². The summed E-state index contributed by atoms with van der Waals surface area (Å²) < 4.78 is 51.4. The zero-order valence-corrected chi connectivity index (χ0v) is 17.1. The Labute approximate surface area is 168 Å². The van der Waals surface area contributed by atoms with Crippen molar-refractivity contribution in [1.29, 1.82) is 0 Å². The van der Waals surface area contributed by atoms with Crippen molar-refractivity contribution in [3.8, 4) is 0 Å². The number of nitrogens with zero attached hydrogens (tertiary/aromatic N) is 3. The average Bonchev–Trinajstić information content (AvgIpc) is 2.67. The number of hydrogen-bond acceptors (Lipinski definition) is 4. The van der Waals surface area contributed by atoms with E-state index in [-0.39, 0.29) is 19.0 Å². The van der Waals surface area contributed by atoms with E-state index in [2.05, 4.69) is 0 Å². The van der Waals surface area contributed by atoms with Gasteiger partial charge >= 0.3 is 12.3 Å². The van der Waals surface area contributed by atoms with E-state index in [4.69, 9.17) is 0 Å². The van der Waals surface area contributed by atoms with Crippen molar-refractivity contribution in [1.82, 2.24) is 9.80 Å². The van der Waals surface area contributed by atoms with Gasteiger partial charge in [-0.3, -0.25) is 9.69 Å². The molecule has 0 saturated carbocycles. The highest BCUT2D eigenvalue weighted by atomic mass is 19.3. The van der Waals surface area contributed by atoms with E-state index >= 15 is 0 Å². The molecule has 1 saturated heterocycles. The van der Waals surface area contributed by atoms with Gasteiger partial charge in [0.2, 0.25) is 0 Å². The highest BCUT2D eigenvalue weighted by molar-refractivity contribution is 5.97. The van der Waals surface area contributed by atoms with Gasteiger partial charge in [0.05, 0.1) is 6.54 Å². The second-order valence-corrected chi connectivity index (χ2v) is 8.09. The molecule has 0 radical (unpaired) electrons. The third kappa shape index (κ3) is 5.26. The van der Waals surface area contributed by atoms with Gasteiger partial charge in [0.15, 0.2) is 0 Å².